The lowest BCUT2D eigenvalue weighted by atomic mass is 9.80. The molecule has 0 bridgehead atoms. The van der Waals surface area contributed by atoms with Crippen molar-refractivity contribution < 1.29 is 27.6 Å². The Labute approximate surface area is 189 Å². The maximum atomic E-state index is 13.7. The van der Waals surface area contributed by atoms with Crippen LogP contribution in [-0.4, -0.2) is 63.6 Å². The number of nitriles is 1. The molecule has 0 radical (unpaired) electrons. The quantitative estimate of drug-likeness (QED) is 0.691. The van der Waals surface area contributed by atoms with Crippen LogP contribution in [0.3, 0.4) is 0 Å². The molecule has 0 N–H and O–H groups in total. The number of piperazine rings is 1. The summed E-state index contributed by atoms with van der Waals surface area (Å²) in [7, 11) is 0. The van der Waals surface area contributed by atoms with Gasteiger partial charge >= 0.3 is 6.18 Å². The zero-order chi connectivity index (χ0) is 24.0. The molecule has 1 aromatic rings. The van der Waals surface area contributed by atoms with Gasteiger partial charge in [0.05, 0.1) is 24.7 Å². The fourth-order valence-corrected chi connectivity index (χ4v) is 5.07. The summed E-state index contributed by atoms with van der Waals surface area (Å²) in [6.07, 6.45) is -1.84. The lowest BCUT2D eigenvalue weighted by Crippen LogP contribution is -2.81. The number of hydrogen-bond acceptors (Lipinski definition) is 4. The summed E-state index contributed by atoms with van der Waals surface area (Å²) in [5, 5.41) is 9.14. The second-order valence-electron chi connectivity index (χ2n) is 9.15. The first-order chi connectivity index (χ1) is 15.5. The number of amides is 3. The minimum atomic E-state index is -4.46. The fourth-order valence-electron chi connectivity index (χ4n) is 5.07. The number of rotatable bonds is 3. The number of carbonyl (C=O) groups excluding carboxylic acids is 3. The van der Waals surface area contributed by atoms with Crippen LogP contribution in [0.25, 0.3) is 0 Å². The van der Waals surface area contributed by atoms with E-state index in [4.69, 9.17) is 5.26 Å². The van der Waals surface area contributed by atoms with Crippen LogP contribution < -0.4 is 0 Å². The van der Waals surface area contributed by atoms with E-state index in [1.54, 1.807) is 4.90 Å². The van der Waals surface area contributed by atoms with Crippen LogP contribution in [0.1, 0.15) is 43.7 Å². The summed E-state index contributed by atoms with van der Waals surface area (Å²) in [5.74, 6) is -0.770. The zero-order valence-corrected chi connectivity index (χ0v) is 18.3. The van der Waals surface area contributed by atoms with Crippen molar-refractivity contribution in [1.29, 1.82) is 5.26 Å². The van der Waals surface area contributed by atoms with Gasteiger partial charge in [-0.15, -0.1) is 0 Å². The third-order valence-corrected chi connectivity index (χ3v) is 7.07. The van der Waals surface area contributed by atoms with E-state index in [-0.39, 0.29) is 55.9 Å². The van der Waals surface area contributed by atoms with E-state index in [2.05, 4.69) is 6.07 Å². The lowest BCUT2D eigenvalue weighted by molar-refractivity contribution is -0.185. The smallest absolute Gasteiger partial charge is 0.337 e. The molecule has 1 spiro atoms. The van der Waals surface area contributed by atoms with Crippen LogP contribution in [-0.2, 0) is 27.1 Å². The number of nitrogens with zero attached hydrogens (tertiary/aromatic N) is 4. The molecule has 2 saturated heterocycles. The Hall–Kier alpha value is -3.09. The largest absolute Gasteiger partial charge is 0.416 e. The van der Waals surface area contributed by atoms with Crippen LogP contribution >= 0.6 is 0 Å². The first kappa shape index (κ1) is 23.1. The standard InChI is InChI=1S/C23H25F3N4O3/c1-15(31)28-13-22(14-28)21(33)29(19-8-4-16(10-27)5-9-19)12-20(32)30(22)11-17-2-6-18(7-3-17)23(24,25)26/h2-3,6-7,16,19H,4-5,8-9,11-14H2,1H3/t16-,19-. The molecule has 3 amide bonds. The summed E-state index contributed by atoms with van der Waals surface area (Å²) in [6, 6.07) is 6.66. The Morgan fingerprint density at radius 3 is 2.24 bits per heavy atom. The number of carbonyl (C=O) groups is 3. The molecule has 2 aliphatic heterocycles. The molecular weight excluding hydrogens is 437 g/mol. The molecule has 1 saturated carbocycles. The van der Waals surface area contributed by atoms with Gasteiger partial charge in [-0.05, 0) is 43.4 Å². The Bertz CT molecular complexity index is 988. The second-order valence-corrected chi connectivity index (χ2v) is 9.15. The molecule has 0 atom stereocenters. The normalized spacial score (nSPS) is 25.1. The first-order valence-corrected chi connectivity index (χ1v) is 11.0. The molecule has 10 heteroatoms. The Kier molecular flexibility index (Phi) is 5.85. The summed E-state index contributed by atoms with van der Waals surface area (Å²) in [6.45, 7) is 1.41. The highest BCUT2D eigenvalue weighted by molar-refractivity contribution is 6.00. The van der Waals surface area contributed by atoms with Gasteiger partial charge in [-0.2, -0.15) is 18.4 Å². The maximum absolute atomic E-state index is 13.7. The number of benzene rings is 1. The average molecular weight is 462 g/mol. The molecule has 3 fully saturated rings. The molecule has 0 aromatic heterocycles. The van der Waals surface area contributed by atoms with Crippen LogP contribution in [0.15, 0.2) is 24.3 Å². The predicted octanol–water partition coefficient (Wildman–Crippen LogP) is 2.56. The van der Waals surface area contributed by atoms with Gasteiger partial charge in [-0.1, -0.05) is 12.1 Å². The number of hydrogen-bond donors (Lipinski definition) is 0. The van der Waals surface area contributed by atoms with Crippen molar-refractivity contribution in [3.05, 3.63) is 35.4 Å². The summed E-state index contributed by atoms with van der Waals surface area (Å²) in [4.78, 5) is 43.2. The minimum Gasteiger partial charge on any atom is -0.337 e. The Morgan fingerprint density at radius 2 is 1.73 bits per heavy atom. The molecule has 176 valence electrons. The molecule has 1 aliphatic carbocycles. The summed E-state index contributed by atoms with van der Waals surface area (Å²) in [5.41, 5.74) is -1.52. The van der Waals surface area contributed by atoms with E-state index in [9.17, 15) is 27.6 Å². The van der Waals surface area contributed by atoms with Crippen LogP contribution in [0.5, 0.6) is 0 Å². The van der Waals surface area contributed by atoms with Gasteiger partial charge in [0.2, 0.25) is 11.8 Å². The van der Waals surface area contributed by atoms with Gasteiger partial charge in [-0.3, -0.25) is 14.4 Å². The van der Waals surface area contributed by atoms with Crippen molar-refractivity contribution in [2.45, 2.75) is 56.9 Å². The Balaban J connectivity index is 1.57. The number of halogens is 3. The van der Waals surface area contributed by atoms with E-state index >= 15 is 0 Å². The first-order valence-electron chi connectivity index (χ1n) is 11.0. The van der Waals surface area contributed by atoms with E-state index in [1.807, 2.05) is 0 Å². The summed E-state index contributed by atoms with van der Waals surface area (Å²) < 4.78 is 38.7. The lowest BCUT2D eigenvalue weighted by Gasteiger charge is -2.59. The monoisotopic (exact) mass is 462 g/mol. The topological polar surface area (TPSA) is 84.7 Å². The van der Waals surface area contributed by atoms with Crippen LogP contribution in [0.2, 0.25) is 0 Å². The van der Waals surface area contributed by atoms with Gasteiger partial charge in [0.1, 0.15) is 6.54 Å². The molecule has 0 unspecified atom stereocenters. The molecule has 33 heavy (non-hydrogen) atoms. The van der Waals surface area contributed by atoms with Gasteiger partial charge in [0, 0.05) is 25.4 Å². The molecule has 3 aliphatic rings. The van der Waals surface area contributed by atoms with Crippen molar-refractivity contribution in [2.75, 3.05) is 19.6 Å². The van der Waals surface area contributed by atoms with Gasteiger partial charge < -0.3 is 14.7 Å². The van der Waals surface area contributed by atoms with E-state index in [0.29, 0.717) is 31.2 Å². The van der Waals surface area contributed by atoms with Crippen molar-refractivity contribution >= 4 is 17.7 Å². The Morgan fingerprint density at radius 1 is 1.12 bits per heavy atom. The number of likely N-dealkylation sites (tertiary alicyclic amines) is 1. The summed E-state index contributed by atoms with van der Waals surface area (Å²) >= 11 is 0. The van der Waals surface area contributed by atoms with Gasteiger partial charge in [-0.25, -0.2) is 0 Å². The number of alkyl halides is 3. The molecule has 7 nitrogen and oxygen atoms in total. The van der Waals surface area contributed by atoms with Crippen molar-refractivity contribution in [3.8, 4) is 6.07 Å². The van der Waals surface area contributed by atoms with Crippen molar-refractivity contribution in [3.63, 3.8) is 0 Å². The zero-order valence-electron chi connectivity index (χ0n) is 18.3. The second kappa shape index (κ2) is 8.36. The van der Waals surface area contributed by atoms with Crippen molar-refractivity contribution in [2.24, 2.45) is 5.92 Å². The SMILES string of the molecule is CC(=O)N1CC2(C1)C(=O)N([C@H]1CC[C@H](C#N)CC1)CC(=O)N2Cc1ccc(C(F)(F)F)cc1. The van der Waals surface area contributed by atoms with Crippen LogP contribution in [0.4, 0.5) is 13.2 Å². The molecule has 4 rings (SSSR count). The highest BCUT2D eigenvalue weighted by atomic mass is 19.4. The molecule has 2 heterocycles. The minimum absolute atomic E-state index is 0.0104. The van der Waals surface area contributed by atoms with E-state index < -0.39 is 17.3 Å². The third-order valence-electron chi connectivity index (χ3n) is 7.07. The van der Waals surface area contributed by atoms with Crippen LogP contribution in [0, 0.1) is 17.2 Å². The highest BCUT2D eigenvalue weighted by Gasteiger charge is 2.61. The van der Waals surface area contributed by atoms with E-state index in [0.717, 1.165) is 12.1 Å². The van der Waals surface area contributed by atoms with Gasteiger partial charge in [0.25, 0.3) is 5.91 Å². The molecular formula is C23H25F3N4O3. The van der Waals surface area contributed by atoms with E-state index in [1.165, 1.54) is 28.9 Å². The van der Waals surface area contributed by atoms with Gasteiger partial charge in [0.15, 0.2) is 5.54 Å². The van der Waals surface area contributed by atoms with Crippen molar-refractivity contribution in [1.82, 2.24) is 14.7 Å². The molecule has 1 aromatic carbocycles. The maximum Gasteiger partial charge on any atom is 0.416 e. The average Bonchev–Trinajstić information content (AvgIpc) is 2.74. The third kappa shape index (κ3) is 4.16. The highest BCUT2D eigenvalue weighted by Crippen LogP contribution is 2.38. The fraction of sp³-hybridized carbons (Fsp3) is 0.565. The predicted molar refractivity (Wildman–Crippen MR) is 110 cm³/mol.